The van der Waals surface area contributed by atoms with Crippen molar-refractivity contribution in [3.63, 3.8) is 0 Å². The first-order chi connectivity index (χ1) is 4.50. The molecule has 0 saturated heterocycles. The highest BCUT2D eigenvalue weighted by molar-refractivity contribution is 9.09. The Labute approximate surface area is 69.8 Å². The molecular formula is C7H13BrO2. The topological polar surface area (TPSA) is 37.3 Å². The van der Waals surface area contributed by atoms with Crippen LogP contribution in [0.15, 0.2) is 0 Å². The summed E-state index contributed by atoms with van der Waals surface area (Å²) in [6, 6.07) is 0. The monoisotopic (exact) mass is 208 g/mol. The van der Waals surface area contributed by atoms with E-state index < -0.39 is 11.4 Å². The zero-order valence-corrected chi connectivity index (χ0v) is 7.94. The highest BCUT2D eigenvalue weighted by Gasteiger charge is 2.25. The van der Waals surface area contributed by atoms with Crippen molar-refractivity contribution in [2.24, 2.45) is 5.41 Å². The number of halogens is 1. The van der Waals surface area contributed by atoms with E-state index in [1.165, 1.54) is 0 Å². The smallest absolute Gasteiger partial charge is 0.309 e. The van der Waals surface area contributed by atoms with Crippen molar-refractivity contribution >= 4 is 21.9 Å². The van der Waals surface area contributed by atoms with Gasteiger partial charge in [0.25, 0.3) is 0 Å². The van der Waals surface area contributed by atoms with E-state index in [1.54, 1.807) is 13.8 Å². The van der Waals surface area contributed by atoms with Crippen LogP contribution in [0.5, 0.6) is 0 Å². The summed E-state index contributed by atoms with van der Waals surface area (Å²) >= 11 is 3.26. The second-order valence-corrected chi connectivity index (χ2v) is 3.77. The van der Waals surface area contributed by atoms with E-state index >= 15 is 0 Å². The standard InChI is InChI=1S/C7H13BrO2/c1-7(2,6(9)10)4-3-5-8/h3-5H2,1-2H3,(H,9,10). The van der Waals surface area contributed by atoms with Crippen molar-refractivity contribution in [2.45, 2.75) is 26.7 Å². The predicted molar refractivity (Wildman–Crippen MR) is 44.4 cm³/mol. The van der Waals surface area contributed by atoms with E-state index in [0.717, 1.165) is 18.2 Å². The molecule has 0 bridgehead atoms. The Bertz CT molecular complexity index is 121. The fourth-order valence-electron chi connectivity index (χ4n) is 0.616. The van der Waals surface area contributed by atoms with Crippen molar-refractivity contribution in [2.75, 3.05) is 5.33 Å². The van der Waals surface area contributed by atoms with Gasteiger partial charge in [0.1, 0.15) is 0 Å². The van der Waals surface area contributed by atoms with Crippen molar-refractivity contribution in [3.8, 4) is 0 Å². The molecule has 0 spiro atoms. The molecule has 1 N–H and O–H groups in total. The number of hydrogen-bond acceptors (Lipinski definition) is 1. The van der Waals surface area contributed by atoms with E-state index in [-0.39, 0.29) is 0 Å². The molecule has 0 heterocycles. The van der Waals surface area contributed by atoms with Crippen LogP contribution in [0, 0.1) is 5.41 Å². The van der Waals surface area contributed by atoms with Gasteiger partial charge in [0.15, 0.2) is 0 Å². The molecule has 60 valence electrons. The fourth-order valence-corrected chi connectivity index (χ4v) is 0.896. The van der Waals surface area contributed by atoms with Crippen LogP contribution in [0.2, 0.25) is 0 Å². The van der Waals surface area contributed by atoms with Gasteiger partial charge in [-0.2, -0.15) is 0 Å². The lowest BCUT2D eigenvalue weighted by Gasteiger charge is -2.17. The molecule has 0 aromatic rings. The summed E-state index contributed by atoms with van der Waals surface area (Å²) in [5.74, 6) is -0.714. The third kappa shape index (κ3) is 3.20. The Morgan fingerprint density at radius 2 is 2.10 bits per heavy atom. The van der Waals surface area contributed by atoms with Crippen LogP contribution in [-0.4, -0.2) is 16.4 Å². The maximum absolute atomic E-state index is 10.5. The van der Waals surface area contributed by atoms with Gasteiger partial charge in [-0.1, -0.05) is 15.9 Å². The van der Waals surface area contributed by atoms with Crippen molar-refractivity contribution in [3.05, 3.63) is 0 Å². The van der Waals surface area contributed by atoms with Crippen molar-refractivity contribution in [1.82, 2.24) is 0 Å². The lowest BCUT2D eigenvalue weighted by molar-refractivity contribution is -0.147. The van der Waals surface area contributed by atoms with Gasteiger partial charge in [0.05, 0.1) is 5.41 Å². The molecule has 0 rings (SSSR count). The molecule has 0 aliphatic carbocycles. The Morgan fingerprint density at radius 1 is 1.60 bits per heavy atom. The summed E-state index contributed by atoms with van der Waals surface area (Å²) < 4.78 is 0. The van der Waals surface area contributed by atoms with Gasteiger partial charge < -0.3 is 5.11 Å². The molecule has 3 heteroatoms. The van der Waals surface area contributed by atoms with E-state index in [1.807, 2.05) is 0 Å². The van der Waals surface area contributed by atoms with Crippen LogP contribution in [0.25, 0.3) is 0 Å². The molecule has 0 atom stereocenters. The minimum Gasteiger partial charge on any atom is -0.481 e. The van der Waals surface area contributed by atoms with Gasteiger partial charge in [-0.15, -0.1) is 0 Å². The quantitative estimate of drug-likeness (QED) is 0.721. The first-order valence-corrected chi connectivity index (χ1v) is 4.42. The minimum absolute atomic E-state index is 0.562. The van der Waals surface area contributed by atoms with E-state index in [2.05, 4.69) is 15.9 Å². The molecule has 0 aromatic heterocycles. The van der Waals surface area contributed by atoms with E-state index in [0.29, 0.717) is 0 Å². The molecule has 0 radical (unpaired) electrons. The first-order valence-electron chi connectivity index (χ1n) is 3.30. The molecule has 0 aliphatic rings. The summed E-state index contributed by atoms with van der Waals surface area (Å²) in [4.78, 5) is 10.5. The summed E-state index contributed by atoms with van der Waals surface area (Å²) in [6.45, 7) is 3.50. The van der Waals surface area contributed by atoms with Gasteiger partial charge in [0, 0.05) is 5.33 Å². The maximum atomic E-state index is 10.5. The number of carbonyl (C=O) groups is 1. The van der Waals surface area contributed by atoms with Gasteiger partial charge in [-0.05, 0) is 26.7 Å². The third-order valence-electron chi connectivity index (χ3n) is 1.51. The second kappa shape index (κ2) is 3.96. The van der Waals surface area contributed by atoms with Crippen molar-refractivity contribution in [1.29, 1.82) is 0 Å². The van der Waals surface area contributed by atoms with Gasteiger partial charge in [-0.25, -0.2) is 0 Å². The molecule has 0 saturated carbocycles. The number of hydrogen-bond donors (Lipinski definition) is 1. The number of carboxylic acid groups (broad SMARTS) is 1. The van der Waals surface area contributed by atoms with Crippen LogP contribution in [0.4, 0.5) is 0 Å². The highest BCUT2D eigenvalue weighted by atomic mass is 79.9. The Balaban J connectivity index is 3.75. The summed E-state index contributed by atoms with van der Waals surface area (Å²) in [7, 11) is 0. The minimum atomic E-state index is -0.714. The average Bonchev–Trinajstić information content (AvgIpc) is 1.84. The summed E-state index contributed by atoms with van der Waals surface area (Å²) in [5.41, 5.74) is -0.562. The molecule has 0 amide bonds. The molecule has 2 nitrogen and oxygen atoms in total. The molecule has 0 unspecified atom stereocenters. The zero-order chi connectivity index (χ0) is 8.20. The number of alkyl halides is 1. The second-order valence-electron chi connectivity index (χ2n) is 2.98. The number of aliphatic carboxylic acids is 1. The predicted octanol–water partition coefficient (Wildman–Crippen LogP) is 2.27. The van der Waals surface area contributed by atoms with Crippen LogP contribution in [0.1, 0.15) is 26.7 Å². The number of carboxylic acids is 1. The fraction of sp³-hybridized carbons (Fsp3) is 0.857. The zero-order valence-electron chi connectivity index (χ0n) is 6.35. The Morgan fingerprint density at radius 3 is 2.40 bits per heavy atom. The number of rotatable bonds is 4. The maximum Gasteiger partial charge on any atom is 0.309 e. The largest absolute Gasteiger partial charge is 0.481 e. The third-order valence-corrected chi connectivity index (χ3v) is 2.08. The van der Waals surface area contributed by atoms with Crippen LogP contribution in [-0.2, 0) is 4.79 Å². The van der Waals surface area contributed by atoms with Crippen molar-refractivity contribution < 1.29 is 9.90 Å². The summed E-state index contributed by atoms with van der Waals surface area (Å²) in [6.07, 6.45) is 1.65. The van der Waals surface area contributed by atoms with Crippen LogP contribution >= 0.6 is 15.9 Å². The van der Waals surface area contributed by atoms with E-state index in [9.17, 15) is 4.79 Å². The van der Waals surface area contributed by atoms with Gasteiger partial charge >= 0.3 is 5.97 Å². The first kappa shape index (κ1) is 9.95. The molecule has 0 aromatic carbocycles. The normalized spacial score (nSPS) is 11.5. The molecule has 0 aliphatic heterocycles. The van der Waals surface area contributed by atoms with Gasteiger partial charge in [0.2, 0.25) is 0 Å². The van der Waals surface area contributed by atoms with E-state index in [4.69, 9.17) is 5.11 Å². The lowest BCUT2D eigenvalue weighted by Crippen LogP contribution is -2.23. The molecular weight excluding hydrogens is 196 g/mol. The summed E-state index contributed by atoms with van der Waals surface area (Å²) in [5, 5.41) is 9.53. The van der Waals surface area contributed by atoms with Gasteiger partial charge in [-0.3, -0.25) is 4.79 Å². The Hall–Kier alpha value is -0.0500. The molecule has 0 fully saturated rings. The SMILES string of the molecule is CC(C)(CCCBr)C(=O)O. The molecule has 10 heavy (non-hydrogen) atoms. The Kier molecular flexibility index (Phi) is 3.94. The highest BCUT2D eigenvalue weighted by Crippen LogP contribution is 2.22. The van der Waals surface area contributed by atoms with Crippen LogP contribution < -0.4 is 0 Å². The lowest BCUT2D eigenvalue weighted by atomic mass is 9.88. The average molecular weight is 209 g/mol. The van der Waals surface area contributed by atoms with Crippen LogP contribution in [0.3, 0.4) is 0 Å².